The molecule has 0 amide bonds. The van der Waals surface area contributed by atoms with E-state index in [4.69, 9.17) is 28.6 Å². The zero-order chi connectivity index (χ0) is 18.7. The van der Waals surface area contributed by atoms with E-state index in [1.54, 1.807) is 30.0 Å². The lowest BCUT2D eigenvalue weighted by Gasteiger charge is -2.18. The Morgan fingerprint density at radius 1 is 1.23 bits per heavy atom. The smallest absolute Gasteiger partial charge is 0.221 e. The molecule has 0 unspecified atom stereocenters. The molecule has 1 heterocycles. The van der Waals surface area contributed by atoms with E-state index in [0.29, 0.717) is 28.7 Å². The van der Waals surface area contributed by atoms with Crippen molar-refractivity contribution in [3.63, 3.8) is 0 Å². The molecule has 0 saturated heterocycles. The molecular formula is C17H17ClFN5OS. The average Bonchev–Trinajstić information content (AvgIpc) is 2.95. The highest BCUT2D eigenvalue weighted by Gasteiger charge is 2.11. The van der Waals surface area contributed by atoms with Gasteiger partial charge in [-0.15, -0.1) is 0 Å². The van der Waals surface area contributed by atoms with E-state index in [2.05, 4.69) is 10.4 Å². The summed E-state index contributed by atoms with van der Waals surface area (Å²) in [5.41, 5.74) is 1.48. The Balaban J connectivity index is 1.78. The monoisotopic (exact) mass is 393 g/mol. The minimum atomic E-state index is -0.357. The molecule has 0 spiro atoms. The van der Waals surface area contributed by atoms with Crippen LogP contribution in [0.3, 0.4) is 0 Å². The Kier molecular flexibility index (Phi) is 5.65. The van der Waals surface area contributed by atoms with Crippen LogP contribution in [0, 0.1) is 10.6 Å². The average molecular weight is 394 g/mol. The van der Waals surface area contributed by atoms with E-state index >= 15 is 0 Å². The van der Waals surface area contributed by atoms with Crippen LogP contribution in [0.25, 0.3) is 5.69 Å². The van der Waals surface area contributed by atoms with Gasteiger partial charge < -0.3 is 4.74 Å². The Hall–Kier alpha value is -2.29. The molecule has 0 radical (unpaired) electrons. The van der Waals surface area contributed by atoms with Gasteiger partial charge in [0.2, 0.25) is 4.77 Å². The number of ether oxygens (including phenoxy) is 1. The summed E-state index contributed by atoms with van der Waals surface area (Å²) in [6.07, 6.45) is 0. The van der Waals surface area contributed by atoms with Gasteiger partial charge in [-0.25, -0.2) is 9.07 Å². The predicted molar refractivity (Wildman–Crippen MR) is 99.6 cm³/mol. The van der Waals surface area contributed by atoms with Gasteiger partial charge in [0.25, 0.3) is 0 Å². The van der Waals surface area contributed by atoms with Crippen molar-refractivity contribution in [2.45, 2.75) is 13.2 Å². The molecule has 0 aliphatic heterocycles. The van der Waals surface area contributed by atoms with Crippen LogP contribution in [0.1, 0.15) is 5.56 Å². The molecule has 6 nitrogen and oxygen atoms in total. The second-order valence-corrected chi connectivity index (χ2v) is 6.57. The van der Waals surface area contributed by atoms with Crippen molar-refractivity contribution in [3.8, 4) is 11.4 Å². The number of methoxy groups -OCH3 is 1. The highest BCUT2D eigenvalue weighted by molar-refractivity contribution is 7.71. The number of rotatable bonds is 6. The topological polar surface area (TPSA) is 48.1 Å². The number of tetrazole rings is 1. The lowest BCUT2D eigenvalue weighted by molar-refractivity contribution is 0.238. The quantitative estimate of drug-likeness (QED) is 0.598. The molecule has 136 valence electrons. The molecule has 0 atom stereocenters. The first-order valence-corrected chi connectivity index (χ1v) is 8.56. The Bertz CT molecular complexity index is 974. The second kappa shape index (κ2) is 7.94. The summed E-state index contributed by atoms with van der Waals surface area (Å²) in [7, 11) is 3.54. The summed E-state index contributed by atoms with van der Waals surface area (Å²) in [4.78, 5) is 1.99. The van der Waals surface area contributed by atoms with Crippen molar-refractivity contribution in [2.75, 3.05) is 14.2 Å². The van der Waals surface area contributed by atoms with E-state index in [-0.39, 0.29) is 5.82 Å². The maximum absolute atomic E-state index is 13.4. The van der Waals surface area contributed by atoms with Crippen molar-refractivity contribution in [3.05, 3.63) is 63.6 Å². The summed E-state index contributed by atoms with van der Waals surface area (Å²) < 4.78 is 22.1. The van der Waals surface area contributed by atoms with Gasteiger partial charge in [-0.3, -0.25) is 4.90 Å². The fourth-order valence-electron chi connectivity index (χ4n) is 2.57. The number of hydrogen-bond donors (Lipinski definition) is 0. The van der Waals surface area contributed by atoms with Crippen LogP contribution in [0.15, 0.2) is 42.5 Å². The first-order chi connectivity index (χ1) is 12.5. The molecule has 1 aromatic heterocycles. The summed E-state index contributed by atoms with van der Waals surface area (Å²) in [5.74, 6) is 0.400. The van der Waals surface area contributed by atoms with Crippen LogP contribution in [-0.2, 0) is 13.2 Å². The summed E-state index contributed by atoms with van der Waals surface area (Å²) in [6, 6.07) is 11.5. The third-order valence-electron chi connectivity index (χ3n) is 3.75. The van der Waals surface area contributed by atoms with Crippen molar-refractivity contribution in [1.82, 2.24) is 24.7 Å². The van der Waals surface area contributed by atoms with E-state index in [9.17, 15) is 4.39 Å². The van der Waals surface area contributed by atoms with E-state index in [1.165, 1.54) is 16.8 Å². The predicted octanol–water partition coefficient (Wildman–Crippen LogP) is 3.69. The van der Waals surface area contributed by atoms with Gasteiger partial charge in [0.15, 0.2) is 0 Å². The lowest BCUT2D eigenvalue weighted by Crippen LogP contribution is -2.23. The molecule has 0 N–H and O–H groups in total. The molecular weight excluding hydrogens is 377 g/mol. The summed E-state index contributed by atoms with van der Waals surface area (Å²) in [6.45, 7) is 0.988. The second-order valence-electron chi connectivity index (χ2n) is 5.76. The van der Waals surface area contributed by atoms with Gasteiger partial charge >= 0.3 is 0 Å². The van der Waals surface area contributed by atoms with Gasteiger partial charge in [-0.1, -0.05) is 17.7 Å². The molecule has 0 aliphatic carbocycles. The normalized spacial score (nSPS) is 11.1. The number of nitrogens with zero attached hydrogens (tertiary/aromatic N) is 5. The van der Waals surface area contributed by atoms with Crippen LogP contribution >= 0.6 is 23.8 Å². The minimum Gasteiger partial charge on any atom is -0.496 e. The fraction of sp³-hybridized carbons (Fsp3) is 0.235. The summed E-state index contributed by atoms with van der Waals surface area (Å²) >= 11 is 11.5. The highest BCUT2D eigenvalue weighted by Crippen LogP contribution is 2.23. The van der Waals surface area contributed by atoms with Gasteiger partial charge in [0.05, 0.1) is 19.5 Å². The minimum absolute atomic E-state index is 0.357. The van der Waals surface area contributed by atoms with Gasteiger partial charge in [-0.2, -0.15) is 4.68 Å². The third kappa shape index (κ3) is 4.09. The van der Waals surface area contributed by atoms with Gasteiger partial charge in [0, 0.05) is 17.1 Å². The van der Waals surface area contributed by atoms with Crippen LogP contribution < -0.4 is 4.74 Å². The zero-order valence-electron chi connectivity index (χ0n) is 14.3. The fourth-order valence-corrected chi connectivity index (χ4v) is 3.00. The SMILES string of the molecule is COc1ccc(Cl)cc1CN(C)Cn1nnn(-c2cccc(F)c2)c1=S. The molecule has 0 fully saturated rings. The van der Waals surface area contributed by atoms with Crippen molar-refractivity contribution < 1.29 is 9.13 Å². The standard InChI is InChI=1S/C17H17ClFN5OS/c1-22(10-12-8-13(18)6-7-16(12)25-2)11-23-17(26)24(21-20-23)15-5-3-4-14(19)9-15/h3-9H,10-11H2,1-2H3. The van der Waals surface area contributed by atoms with Crippen molar-refractivity contribution in [2.24, 2.45) is 0 Å². The number of hydrogen-bond acceptors (Lipinski definition) is 5. The molecule has 26 heavy (non-hydrogen) atoms. The molecule has 9 heteroatoms. The van der Waals surface area contributed by atoms with Gasteiger partial charge in [-0.05, 0) is 66.1 Å². The van der Waals surface area contributed by atoms with E-state index < -0.39 is 0 Å². The zero-order valence-corrected chi connectivity index (χ0v) is 15.8. The van der Waals surface area contributed by atoms with Gasteiger partial charge in [0.1, 0.15) is 11.6 Å². The molecule has 2 aromatic carbocycles. The molecule has 0 aliphatic rings. The van der Waals surface area contributed by atoms with Crippen molar-refractivity contribution >= 4 is 23.8 Å². The van der Waals surface area contributed by atoms with Crippen LogP contribution in [-0.4, -0.2) is 38.8 Å². The van der Waals surface area contributed by atoms with Crippen LogP contribution in [0.4, 0.5) is 4.39 Å². The molecule has 0 bridgehead atoms. The van der Waals surface area contributed by atoms with E-state index in [1.807, 2.05) is 24.1 Å². The number of benzene rings is 2. The molecule has 3 aromatic rings. The largest absolute Gasteiger partial charge is 0.496 e. The molecule has 3 rings (SSSR count). The number of aromatic nitrogens is 4. The third-order valence-corrected chi connectivity index (χ3v) is 4.37. The van der Waals surface area contributed by atoms with Crippen LogP contribution in [0.2, 0.25) is 5.02 Å². The van der Waals surface area contributed by atoms with Crippen LogP contribution in [0.5, 0.6) is 5.75 Å². The Morgan fingerprint density at radius 3 is 2.77 bits per heavy atom. The van der Waals surface area contributed by atoms with Crippen molar-refractivity contribution in [1.29, 1.82) is 0 Å². The maximum Gasteiger partial charge on any atom is 0.221 e. The Morgan fingerprint density at radius 2 is 2.04 bits per heavy atom. The Labute approximate surface area is 160 Å². The lowest BCUT2D eigenvalue weighted by atomic mass is 10.2. The maximum atomic E-state index is 13.4. The number of halogens is 2. The summed E-state index contributed by atoms with van der Waals surface area (Å²) in [5, 5.41) is 8.73. The first kappa shape index (κ1) is 18.5. The molecule has 0 saturated carbocycles. The highest BCUT2D eigenvalue weighted by atomic mass is 35.5. The first-order valence-electron chi connectivity index (χ1n) is 7.77. The van der Waals surface area contributed by atoms with E-state index in [0.717, 1.165) is 11.3 Å².